The zero-order chi connectivity index (χ0) is 26.4. The Morgan fingerprint density at radius 1 is 1.08 bits per heavy atom. The van der Waals surface area contributed by atoms with E-state index >= 15 is 0 Å². The molecule has 0 bridgehead atoms. The number of aromatic amines is 1. The van der Waals surface area contributed by atoms with Crippen LogP contribution in [-0.2, 0) is 16.2 Å². The summed E-state index contributed by atoms with van der Waals surface area (Å²) in [6, 6.07) is 8.68. The molecule has 0 radical (unpaired) electrons. The van der Waals surface area contributed by atoms with E-state index in [0.717, 1.165) is 18.2 Å². The van der Waals surface area contributed by atoms with Crippen LogP contribution >= 0.6 is 22.9 Å². The maximum atomic E-state index is 14.0. The quantitative estimate of drug-likeness (QED) is 0.343. The van der Waals surface area contributed by atoms with Gasteiger partial charge in [-0.25, -0.2) is 22.5 Å². The molecule has 0 unspecified atom stereocenters. The number of nitrogens with zero attached hydrogens (tertiary/aromatic N) is 1. The van der Waals surface area contributed by atoms with E-state index in [0.29, 0.717) is 27.7 Å². The third-order valence-electron chi connectivity index (χ3n) is 5.03. The molecule has 0 aliphatic carbocycles. The van der Waals surface area contributed by atoms with Gasteiger partial charge in [-0.15, -0.1) is 11.3 Å². The van der Waals surface area contributed by atoms with E-state index in [1.165, 1.54) is 24.3 Å². The lowest BCUT2D eigenvalue weighted by molar-refractivity contribution is -0.137. The van der Waals surface area contributed by atoms with Crippen LogP contribution in [0.25, 0.3) is 16.6 Å². The van der Waals surface area contributed by atoms with Crippen molar-refractivity contribution in [2.24, 2.45) is 0 Å². The Labute approximate surface area is 209 Å². The first kappa shape index (κ1) is 25.5. The van der Waals surface area contributed by atoms with E-state index in [2.05, 4.69) is 10.3 Å². The number of carbonyl (C=O) groups excluding carboxylic acids is 1. The van der Waals surface area contributed by atoms with Crippen molar-refractivity contribution in [1.29, 1.82) is 0 Å². The molecule has 188 valence electrons. The predicted molar refractivity (Wildman–Crippen MR) is 129 cm³/mol. The highest BCUT2D eigenvalue weighted by Gasteiger charge is 2.36. The number of benzene rings is 2. The number of sulfonamides is 1. The Morgan fingerprint density at radius 2 is 1.81 bits per heavy atom. The number of hydrogen-bond acceptors (Lipinski definition) is 7. The molecule has 3 N–H and O–H groups in total. The molecule has 9 nitrogen and oxygen atoms in total. The van der Waals surface area contributed by atoms with E-state index < -0.39 is 50.2 Å². The Morgan fingerprint density at radius 3 is 2.42 bits per heavy atom. The first-order chi connectivity index (χ1) is 16.8. The number of nitrogens with one attached hydrogen (secondary N) is 3. The van der Waals surface area contributed by atoms with E-state index in [4.69, 9.17) is 11.6 Å². The monoisotopic (exact) mass is 558 g/mol. The normalized spacial score (nSPS) is 12.0. The first-order valence-corrected chi connectivity index (χ1v) is 12.5. The second-order valence-electron chi connectivity index (χ2n) is 7.30. The third-order valence-corrected chi connectivity index (χ3v) is 8.09. The number of thiophene rings is 1. The van der Waals surface area contributed by atoms with E-state index in [-0.39, 0.29) is 19.4 Å². The summed E-state index contributed by atoms with van der Waals surface area (Å²) in [6.07, 6.45) is -5.11. The molecule has 0 saturated carbocycles. The molecule has 0 aliphatic rings. The van der Waals surface area contributed by atoms with Gasteiger partial charge in [-0.3, -0.25) is 9.59 Å². The van der Waals surface area contributed by atoms with Crippen LogP contribution in [0.1, 0.15) is 15.9 Å². The minimum absolute atomic E-state index is 0.0516. The number of halogens is 4. The zero-order valence-corrected chi connectivity index (χ0v) is 20.3. The average molecular weight is 559 g/mol. The lowest BCUT2D eigenvalue weighted by Gasteiger charge is -2.16. The summed E-state index contributed by atoms with van der Waals surface area (Å²) < 4.78 is 68.4. The minimum atomic E-state index is -5.11. The van der Waals surface area contributed by atoms with Gasteiger partial charge >= 0.3 is 11.9 Å². The molecular weight excluding hydrogens is 545 g/mol. The van der Waals surface area contributed by atoms with Crippen LogP contribution in [0.5, 0.6) is 0 Å². The Kier molecular flexibility index (Phi) is 6.45. The molecule has 0 fully saturated rings. The highest BCUT2D eigenvalue weighted by Crippen LogP contribution is 2.34. The molecule has 2 heterocycles. The third kappa shape index (κ3) is 4.74. The average Bonchev–Trinajstić information content (AvgIpc) is 3.25. The summed E-state index contributed by atoms with van der Waals surface area (Å²) in [5.41, 5.74) is -4.49. The molecule has 0 spiro atoms. The van der Waals surface area contributed by atoms with Crippen molar-refractivity contribution in [3.63, 3.8) is 0 Å². The van der Waals surface area contributed by atoms with E-state index in [1.54, 1.807) is 11.8 Å². The van der Waals surface area contributed by atoms with Gasteiger partial charge in [0.05, 0.1) is 26.5 Å². The fourth-order valence-electron chi connectivity index (χ4n) is 3.36. The molecule has 2 aromatic heterocycles. The molecule has 4 rings (SSSR count). The summed E-state index contributed by atoms with van der Waals surface area (Å²) in [5.74, 6) is -1.35. The van der Waals surface area contributed by atoms with Crippen LogP contribution in [0, 0.1) is 0 Å². The van der Waals surface area contributed by atoms with Gasteiger partial charge in [0.15, 0.2) is 0 Å². The number of fused-ring (bicyclic) bond motifs is 1. The van der Waals surface area contributed by atoms with Crippen LogP contribution < -0.4 is 21.3 Å². The topological polar surface area (TPSA) is 130 Å². The van der Waals surface area contributed by atoms with Crippen molar-refractivity contribution in [3.05, 3.63) is 84.8 Å². The number of aromatic nitrogens is 2. The van der Waals surface area contributed by atoms with Crippen molar-refractivity contribution in [2.45, 2.75) is 10.4 Å². The number of rotatable bonds is 5. The van der Waals surface area contributed by atoms with Crippen molar-refractivity contribution < 1.29 is 26.4 Å². The van der Waals surface area contributed by atoms with Crippen molar-refractivity contribution in [1.82, 2.24) is 14.3 Å². The highest BCUT2D eigenvalue weighted by molar-refractivity contribution is 7.92. The lowest BCUT2D eigenvalue weighted by Crippen LogP contribution is -2.35. The number of hydrogen-bond donors (Lipinski definition) is 3. The molecular formula is C21H14ClF3N4O5S2. The molecule has 0 aliphatic heterocycles. The second-order valence-corrected chi connectivity index (χ2v) is 10.9. The Hall–Kier alpha value is -3.62. The maximum Gasteiger partial charge on any atom is 0.418 e. The standard InChI is InChI=1S/C21H14ClF3N4O5S2/c1-26-11-3-4-12-14(9-11)27-20(32)29(19(12)31)15-5-2-10(8-13(15)21(23,24)25)18(30)28-36(33,34)17-7-6-16(22)35-17/h2-9,26H,1H3,(H,27,32)(H,28,30). The van der Waals surface area contributed by atoms with Crippen LogP contribution in [0.15, 0.2) is 62.3 Å². The number of amides is 1. The molecule has 15 heteroatoms. The number of H-pyrrole nitrogens is 1. The Bertz CT molecular complexity index is 1740. The fraction of sp³-hybridized carbons (Fsp3) is 0.0952. The van der Waals surface area contributed by atoms with Gasteiger partial charge in [0.1, 0.15) is 4.21 Å². The van der Waals surface area contributed by atoms with Crippen molar-refractivity contribution >= 4 is 55.5 Å². The molecule has 1 amide bonds. The van der Waals surface area contributed by atoms with Crippen molar-refractivity contribution in [2.75, 3.05) is 12.4 Å². The van der Waals surface area contributed by atoms with Gasteiger partial charge < -0.3 is 10.3 Å². The molecule has 0 saturated heterocycles. The van der Waals surface area contributed by atoms with Crippen LogP contribution in [0.2, 0.25) is 4.34 Å². The van der Waals surface area contributed by atoms with E-state index in [1.807, 2.05) is 0 Å². The van der Waals surface area contributed by atoms with Gasteiger partial charge in [0.25, 0.3) is 21.5 Å². The summed E-state index contributed by atoms with van der Waals surface area (Å²) in [6.45, 7) is 0. The lowest BCUT2D eigenvalue weighted by atomic mass is 10.1. The summed E-state index contributed by atoms with van der Waals surface area (Å²) in [5, 5.41) is 2.76. The van der Waals surface area contributed by atoms with Crippen LogP contribution in [0.3, 0.4) is 0 Å². The summed E-state index contributed by atoms with van der Waals surface area (Å²) in [4.78, 5) is 40.5. The summed E-state index contributed by atoms with van der Waals surface area (Å²) >= 11 is 6.35. The maximum absolute atomic E-state index is 14.0. The largest absolute Gasteiger partial charge is 0.418 e. The van der Waals surface area contributed by atoms with Gasteiger partial charge in [-0.05, 0) is 48.5 Å². The minimum Gasteiger partial charge on any atom is -0.388 e. The predicted octanol–water partition coefficient (Wildman–Crippen LogP) is 3.57. The number of alkyl halides is 3. The zero-order valence-electron chi connectivity index (χ0n) is 17.9. The van der Waals surface area contributed by atoms with Crippen LogP contribution in [-0.4, -0.2) is 30.9 Å². The molecule has 0 atom stereocenters. The molecule has 36 heavy (non-hydrogen) atoms. The van der Waals surface area contributed by atoms with Crippen molar-refractivity contribution in [3.8, 4) is 5.69 Å². The SMILES string of the molecule is CNc1ccc2c(=O)n(-c3ccc(C(=O)NS(=O)(=O)c4ccc(Cl)s4)cc3C(F)(F)F)c(=O)[nH]c2c1. The van der Waals surface area contributed by atoms with Gasteiger partial charge in [0.2, 0.25) is 0 Å². The van der Waals surface area contributed by atoms with Crippen LogP contribution in [0.4, 0.5) is 18.9 Å². The number of anilines is 1. The van der Waals surface area contributed by atoms with Gasteiger partial charge in [-0.2, -0.15) is 13.2 Å². The first-order valence-electron chi connectivity index (χ1n) is 9.83. The Balaban J connectivity index is 1.83. The molecule has 4 aromatic rings. The number of carbonyl (C=O) groups is 1. The van der Waals surface area contributed by atoms with Gasteiger partial charge in [0, 0.05) is 18.3 Å². The summed E-state index contributed by atoms with van der Waals surface area (Å²) in [7, 11) is -2.80. The fourth-order valence-corrected chi connectivity index (χ4v) is 5.82. The highest BCUT2D eigenvalue weighted by atomic mass is 35.5. The second kappa shape index (κ2) is 9.11. The molecule has 2 aromatic carbocycles. The van der Waals surface area contributed by atoms with Gasteiger partial charge in [-0.1, -0.05) is 11.6 Å². The van der Waals surface area contributed by atoms with E-state index in [9.17, 15) is 36.0 Å². The smallest absolute Gasteiger partial charge is 0.388 e.